The summed E-state index contributed by atoms with van der Waals surface area (Å²) in [5.41, 5.74) is 4.02. The topological polar surface area (TPSA) is 88.2 Å². The molecular formula is C21H23N3O3S. The van der Waals surface area contributed by atoms with Crippen molar-refractivity contribution in [1.82, 2.24) is 4.98 Å². The van der Waals surface area contributed by atoms with Gasteiger partial charge in [0.05, 0.1) is 28.5 Å². The fourth-order valence-electron chi connectivity index (χ4n) is 3.95. The first-order valence-electron chi connectivity index (χ1n) is 9.18. The maximum absolute atomic E-state index is 13.1. The van der Waals surface area contributed by atoms with Gasteiger partial charge in [0.15, 0.2) is 15.6 Å². The second-order valence-electron chi connectivity index (χ2n) is 8.30. The van der Waals surface area contributed by atoms with Crippen LogP contribution in [0, 0.1) is 5.41 Å². The van der Waals surface area contributed by atoms with Crippen molar-refractivity contribution < 1.29 is 13.2 Å². The van der Waals surface area contributed by atoms with Crippen molar-refractivity contribution in [3.05, 3.63) is 59.6 Å². The molecule has 2 aromatic rings. The third-order valence-corrected chi connectivity index (χ3v) is 6.39. The highest BCUT2D eigenvalue weighted by Gasteiger charge is 2.38. The van der Waals surface area contributed by atoms with Crippen LogP contribution in [0.1, 0.15) is 38.3 Å². The number of sulfone groups is 1. The van der Waals surface area contributed by atoms with Gasteiger partial charge >= 0.3 is 0 Å². The molecule has 2 heterocycles. The number of pyridine rings is 1. The molecular weight excluding hydrogens is 374 g/mol. The molecule has 0 bridgehead atoms. The number of carbonyl (C=O) groups excluding carboxylic acids is 1. The Bertz CT molecular complexity index is 1090. The lowest BCUT2D eigenvalue weighted by molar-refractivity contribution is -0.118. The Balaban J connectivity index is 1.85. The molecule has 0 amide bonds. The van der Waals surface area contributed by atoms with Gasteiger partial charge in [0.1, 0.15) is 0 Å². The second kappa shape index (κ2) is 6.44. The van der Waals surface area contributed by atoms with E-state index >= 15 is 0 Å². The smallest absolute Gasteiger partial charge is 0.175 e. The number of carbonyl (C=O) groups is 1. The van der Waals surface area contributed by atoms with Gasteiger partial charge in [0, 0.05) is 30.1 Å². The Morgan fingerprint density at radius 2 is 1.79 bits per heavy atom. The molecule has 2 N–H and O–H groups in total. The van der Waals surface area contributed by atoms with Crippen LogP contribution in [0.4, 0.5) is 11.4 Å². The summed E-state index contributed by atoms with van der Waals surface area (Å²) in [7, 11) is -3.28. The zero-order chi connectivity index (χ0) is 20.1. The van der Waals surface area contributed by atoms with Gasteiger partial charge in [0.25, 0.3) is 0 Å². The van der Waals surface area contributed by atoms with Gasteiger partial charge in [0.2, 0.25) is 0 Å². The standard InChI is InChI=1S/C21H23N3O3S/c1-21(2)10-16-19(18(25)11-21)20(24-15-8-9-22-12-17(15)23-16)13-4-6-14(7-5-13)28(3,26)27/h4-9,12,20,23-24H,10-11H2,1-3H3. The molecule has 0 radical (unpaired) electrons. The van der Waals surface area contributed by atoms with Crippen molar-refractivity contribution in [2.24, 2.45) is 5.41 Å². The molecule has 0 saturated carbocycles. The van der Waals surface area contributed by atoms with Crippen LogP contribution < -0.4 is 10.6 Å². The van der Waals surface area contributed by atoms with Crippen LogP contribution in [0.5, 0.6) is 0 Å². The summed E-state index contributed by atoms with van der Waals surface area (Å²) in [4.78, 5) is 17.6. The summed E-state index contributed by atoms with van der Waals surface area (Å²) in [6.07, 6.45) is 5.86. The predicted octanol–water partition coefficient (Wildman–Crippen LogP) is 3.71. The van der Waals surface area contributed by atoms with E-state index in [9.17, 15) is 13.2 Å². The van der Waals surface area contributed by atoms with Gasteiger partial charge in [-0.3, -0.25) is 9.78 Å². The summed E-state index contributed by atoms with van der Waals surface area (Å²) in [6.45, 7) is 4.18. The van der Waals surface area contributed by atoms with E-state index in [1.807, 2.05) is 6.07 Å². The number of hydrogen-bond donors (Lipinski definition) is 2. The number of benzene rings is 1. The Kier molecular flexibility index (Phi) is 4.30. The third-order valence-electron chi connectivity index (χ3n) is 5.26. The summed E-state index contributed by atoms with van der Waals surface area (Å²) in [5.74, 6) is 0.101. The number of nitrogens with zero attached hydrogens (tertiary/aromatic N) is 1. The Morgan fingerprint density at radius 3 is 2.46 bits per heavy atom. The first-order valence-corrected chi connectivity index (χ1v) is 11.1. The molecule has 1 aliphatic heterocycles. The quantitative estimate of drug-likeness (QED) is 0.803. The predicted molar refractivity (Wildman–Crippen MR) is 109 cm³/mol. The molecule has 1 unspecified atom stereocenters. The Hall–Kier alpha value is -2.67. The minimum Gasteiger partial charge on any atom is -0.372 e. The molecule has 1 aromatic carbocycles. The maximum Gasteiger partial charge on any atom is 0.175 e. The summed E-state index contributed by atoms with van der Waals surface area (Å²) < 4.78 is 23.6. The highest BCUT2D eigenvalue weighted by molar-refractivity contribution is 7.90. The Morgan fingerprint density at radius 1 is 1.07 bits per heavy atom. The van der Waals surface area contributed by atoms with Crippen molar-refractivity contribution in [3.63, 3.8) is 0 Å². The molecule has 1 aromatic heterocycles. The number of ketones is 1. The lowest BCUT2D eigenvalue weighted by atomic mass is 9.73. The zero-order valence-corrected chi connectivity index (χ0v) is 16.9. The normalized spacial score (nSPS) is 21.1. The first kappa shape index (κ1) is 18.7. The van der Waals surface area contributed by atoms with E-state index in [1.165, 1.54) is 6.26 Å². The lowest BCUT2D eigenvalue weighted by Gasteiger charge is -2.34. The van der Waals surface area contributed by atoms with Crippen LogP contribution in [0.15, 0.2) is 58.9 Å². The van der Waals surface area contributed by atoms with E-state index in [0.717, 1.165) is 29.1 Å². The molecule has 0 fully saturated rings. The molecule has 6 nitrogen and oxygen atoms in total. The molecule has 146 valence electrons. The zero-order valence-electron chi connectivity index (χ0n) is 16.1. The minimum atomic E-state index is -3.28. The SMILES string of the molecule is CC1(C)CC(=O)C2=C(C1)Nc1cnccc1NC2c1ccc(S(C)(=O)=O)cc1. The second-order valence-corrected chi connectivity index (χ2v) is 10.3. The minimum absolute atomic E-state index is 0.101. The number of allylic oxidation sites excluding steroid dienone is 1. The van der Waals surface area contributed by atoms with E-state index in [0.29, 0.717) is 12.0 Å². The number of anilines is 2. The monoisotopic (exact) mass is 397 g/mol. The number of nitrogens with one attached hydrogen (secondary N) is 2. The highest BCUT2D eigenvalue weighted by atomic mass is 32.2. The lowest BCUT2D eigenvalue weighted by Crippen LogP contribution is -2.31. The highest BCUT2D eigenvalue weighted by Crippen LogP contribution is 2.45. The fourth-order valence-corrected chi connectivity index (χ4v) is 4.58. The molecule has 0 saturated heterocycles. The van der Waals surface area contributed by atoms with Crippen LogP contribution in [0.25, 0.3) is 0 Å². The number of rotatable bonds is 2. The van der Waals surface area contributed by atoms with E-state index in [1.54, 1.807) is 36.7 Å². The molecule has 28 heavy (non-hydrogen) atoms. The summed E-state index contributed by atoms with van der Waals surface area (Å²) in [5, 5.41) is 6.88. The van der Waals surface area contributed by atoms with Crippen molar-refractivity contribution >= 4 is 27.0 Å². The van der Waals surface area contributed by atoms with Gasteiger partial charge < -0.3 is 10.6 Å². The van der Waals surface area contributed by atoms with E-state index < -0.39 is 9.84 Å². The van der Waals surface area contributed by atoms with Crippen LogP contribution in [-0.2, 0) is 14.6 Å². The van der Waals surface area contributed by atoms with Crippen molar-refractivity contribution in [1.29, 1.82) is 0 Å². The van der Waals surface area contributed by atoms with E-state index in [4.69, 9.17) is 0 Å². The van der Waals surface area contributed by atoms with Crippen molar-refractivity contribution in [2.45, 2.75) is 37.6 Å². The first-order chi connectivity index (χ1) is 13.1. The largest absolute Gasteiger partial charge is 0.372 e. The van der Waals surface area contributed by atoms with Crippen LogP contribution >= 0.6 is 0 Å². The van der Waals surface area contributed by atoms with E-state index in [-0.39, 0.29) is 22.1 Å². The maximum atomic E-state index is 13.1. The van der Waals surface area contributed by atoms with E-state index in [2.05, 4.69) is 29.5 Å². The molecule has 2 aliphatic rings. The van der Waals surface area contributed by atoms with Gasteiger partial charge in [-0.05, 0) is 35.6 Å². The third kappa shape index (κ3) is 3.42. The van der Waals surface area contributed by atoms with Gasteiger partial charge in [-0.25, -0.2) is 8.42 Å². The summed E-state index contributed by atoms with van der Waals surface area (Å²) in [6, 6.07) is 8.25. The number of Topliss-reactive ketones (excluding diaryl/α,β-unsaturated/α-hetero) is 1. The molecule has 7 heteroatoms. The van der Waals surface area contributed by atoms with Gasteiger partial charge in [-0.15, -0.1) is 0 Å². The van der Waals surface area contributed by atoms with Crippen LogP contribution in [0.3, 0.4) is 0 Å². The Labute approximate surface area is 165 Å². The van der Waals surface area contributed by atoms with Crippen molar-refractivity contribution in [3.8, 4) is 0 Å². The summed E-state index contributed by atoms with van der Waals surface area (Å²) >= 11 is 0. The average molecular weight is 398 g/mol. The average Bonchev–Trinajstić information content (AvgIpc) is 2.76. The number of aromatic nitrogens is 1. The molecule has 4 rings (SSSR count). The van der Waals surface area contributed by atoms with Crippen molar-refractivity contribution in [2.75, 3.05) is 16.9 Å². The molecule has 1 aliphatic carbocycles. The number of fused-ring (bicyclic) bond motifs is 1. The van der Waals surface area contributed by atoms with Crippen LogP contribution in [-0.4, -0.2) is 25.4 Å². The molecule has 0 spiro atoms. The number of hydrogen-bond acceptors (Lipinski definition) is 6. The fraction of sp³-hybridized carbons (Fsp3) is 0.333. The van der Waals surface area contributed by atoms with Crippen LogP contribution in [0.2, 0.25) is 0 Å². The van der Waals surface area contributed by atoms with Gasteiger partial charge in [-0.1, -0.05) is 26.0 Å². The van der Waals surface area contributed by atoms with Gasteiger partial charge in [-0.2, -0.15) is 0 Å². The molecule has 1 atom stereocenters.